The normalized spacial score (nSPS) is 34.7. The maximum Gasteiger partial charge on any atom is 0.112 e. The molecule has 4 atom stereocenters. The lowest BCUT2D eigenvalue weighted by atomic mass is 10.1. The van der Waals surface area contributed by atoms with Crippen LogP contribution in [0, 0.1) is 0 Å². The van der Waals surface area contributed by atoms with E-state index in [1.807, 2.05) is 36.4 Å². The summed E-state index contributed by atoms with van der Waals surface area (Å²) in [6.45, 7) is 1.75. The molecule has 16 heavy (non-hydrogen) atoms. The van der Waals surface area contributed by atoms with Crippen LogP contribution >= 0.6 is 0 Å². The minimum atomic E-state index is -0.838. The van der Waals surface area contributed by atoms with Gasteiger partial charge in [-0.1, -0.05) is 42.5 Å². The summed E-state index contributed by atoms with van der Waals surface area (Å²) in [6, 6.07) is 9.78. The molecule has 0 radical (unpaired) electrons. The van der Waals surface area contributed by atoms with Crippen molar-refractivity contribution in [1.29, 1.82) is 0 Å². The Morgan fingerprint density at radius 1 is 1.12 bits per heavy atom. The van der Waals surface area contributed by atoms with Crippen LogP contribution in [0.1, 0.15) is 12.5 Å². The average molecular weight is 220 g/mol. The van der Waals surface area contributed by atoms with Crippen LogP contribution in [0.4, 0.5) is 0 Å². The third-order valence-corrected chi connectivity index (χ3v) is 2.82. The molecule has 3 nitrogen and oxygen atoms in total. The molecule has 0 spiro atoms. The third kappa shape index (κ3) is 2.32. The van der Waals surface area contributed by atoms with E-state index in [1.54, 1.807) is 13.0 Å². The SMILES string of the molecule is C[C@@H]1O[C@H](/C=C/c2ccccc2)[C@@H](O)[C@H]1O. The van der Waals surface area contributed by atoms with Crippen molar-refractivity contribution in [2.75, 3.05) is 0 Å². The molecular weight excluding hydrogens is 204 g/mol. The highest BCUT2D eigenvalue weighted by Gasteiger charge is 2.38. The van der Waals surface area contributed by atoms with Crippen LogP contribution in [0.15, 0.2) is 36.4 Å². The second-order valence-electron chi connectivity index (χ2n) is 4.06. The summed E-state index contributed by atoms with van der Waals surface area (Å²) in [5, 5.41) is 19.2. The van der Waals surface area contributed by atoms with Gasteiger partial charge in [0.1, 0.15) is 18.3 Å². The highest BCUT2D eigenvalue weighted by atomic mass is 16.5. The van der Waals surface area contributed by atoms with Crippen LogP contribution in [0.5, 0.6) is 0 Å². The van der Waals surface area contributed by atoms with E-state index in [2.05, 4.69) is 0 Å². The molecule has 0 aliphatic carbocycles. The Morgan fingerprint density at radius 3 is 2.38 bits per heavy atom. The molecule has 2 rings (SSSR count). The number of ether oxygens (including phenoxy) is 1. The van der Waals surface area contributed by atoms with E-state index in [1.165, 1.54) is 0 Å². The van der Waals surface area contributed by atoms with E-state index in [0.717, 1.165) is 5.56 Å². The van der Waals surface area contributed by atoms with Crippen molar-refractivity contribution >= 4 is 6.08 Å². The van der Waals surface area contributed by atoms with Gasteiger partial charge in [-0.2, -0.15) is 0 Å². The zero-order chi connectivity index (χ0) is 11.5. The monoisotopic (exact) mass is 220 g/mol. The van der Waals surface area contributed by atoms with Gasteiger partial charge < -0.3 is 14.9 Å². The van der Waals surface area contributed by atoms with Crippen molar-refractivity contribution in [2.24, 2.45) is 0 Å². The van der Waals surface area contributed by atoms with E-state index >= 15 is 0 Å². The summed E-state index contributed by atoms with van der Waals surface area (Å²) in [4.78, 5) is 0. The van der Waals surface area contributed by atoms with E-state index in [0.29, 0.717) is 0 Å². The Bertz CT molecular complexity index is 361. The number of rotatable bonds is 2. The lowest BCUT2D eigenvalue weighted by Gasteiger charge is -2.09. The van der Waals surface area contributed by atoms with Crippen LogP contribution in [0.2, 0.25) is 0 Å². The van der Waals surface area contributed by atoms with Crippen molar-refractivity contribution in [3.8, 4) is 0 Å². The molecule has 1 aliphatic heterocycles. The lowest BCUT2D eigenvalue weighted by Crippen LogP contribution is -2.30. The van der Waals surface area contributed by atoms with Gasteiger partial charge in [-0.05, 0) is 12.5 Å². The number of aliphatic hydroxyl groups is 2. The molecule has 1 aliphatic rings. The van der Waals surface area contributed by atoms with E-state index in [4.69, 9.17) is 4.74 Å². The summed E-state index contributed by atoms with van der Waals surface area (Å²) in [7, 11) is 0. The van der Waals surface area contributed by atoms with E-state index < -0.39 is 18.3 Å². The number of hydrogen-bond acceptors (Lipinski definition) is 3. The van der Waals surface area contributed by atoms with Crippen LogP contribution in [-0.4, -0.2) is 34.6 Å². The molecular formula is C13H16O3. The Hall–Kier alpha value is -1.16. The van der Waals surface area contributed by atoms with Gasteiger partial charge in [0.15, 0.2) is 0 Å². The first kappa shape index (κ1) is 11.3. The first-order valence-corrected chi connectivity index (χ1v) is 5.43. The van der Waals surface area contributed by atoms with Crippen molar-refractivity contribution in [1.82, 2.24) is 0 Å². The predicted octanol–water partition coefficient (Wildman–Crippen LogP) is 1.21. The lowest BCUT2D eigenvalue weighted by molar-refractivity contribution is 0.0316. The third-order valence-electron chi connectivity index (χ3n) is 2.82. The summed E-state index contributed by atoms with van der Waals surface area (Å²) in [5.74, 6) is 0. The molecule has 1 aromatic carbocycles. The smallest absolute Gasteiger partial charge is 0.112 e. The molecule has 0 saturated carbocycles. The molecule has 86 valence electrons. The van der Waals surface area contributed by atoms with Gasteiger partial charge in [0.25, 0.3) is 0 Å². The molecule has 0 bridgehead atoms. The molecule has 0 amide bonds. The van der Waals surface area contributed by atoms with Crippen LogP contribution in [0.3, 0.4) is 0 Å². The number of benzene rings is 1. The van der Waals surface area contributed by atoms with Crippen molar-refractivity contribution < 1.29 is 14.9 Å². The Labute approximate surface area is 95.0 Å². The molecule has 1 aromatic rings. The second kappa shape index (κ2) is 4.78. The number of aliphatic hydroxyl groups excluding tert-OH is 2. The molecule has 1 heterocycles. The maximum absolute atomic E-state index is 9.68. The summed E-state index contributed by atoms with van der Waals surface area (Å²) < 4.78 is 5.42. The zero-order valence-corrected chi connectivity index (χ0v) is 9.15. The quantitative estimate of drug-likeness (QED) is 0.787. The fraction of sp³-hybridized carbons (Fsp3) is 0.385. The molecule has 1 saturated heterocycles. The maximum atomic E-state index is 9.68. The van der Waals surface area contributed by atoms with Gasteiger partial charge >= 0.3 is 0 Å². The van der Waals surface area contributed by atoms with Crippen LogP contribution < -0.4 is 0 Å². The Balaban J connectivity index is 2.03. The first-order chi connectivity index (χ1) is 7.68. The number of hydrogen-bond donors (Lipinski definition) is 2. The van der Waals surface area contributed by atoms with Gasteiger partial charge in [0.05, 0.1) is 6.10 Å². The average Bonchev–Trinajstić information content (AvgIpc) is 2.56. The summed E-state index contributed by atoms with van der Waals surface area (Å²) >= 11 is 0. The van der Waals surface area contributed by atoms with Gasteiger partial charge in [-0.15, -0.1) is 0 Å². The molecule has 3 heteroatoms. The topological polar surface area (TPSA) is 49.7 Å². The van der Waals surface area contributed by atoms with Gasteiger partial charge in [0.2, 0.25) is 0 Å². The predicted molar refractivity (Wildman–Crippen MR) is 61.8 cm³/mol. The Kier molecular flexibility index (Phi) is 3.39. The molecule has 0 unspecified atom stereocenters. The standard InChI is InChI=1S/C13H16O3/c1-9-12(14)13(15)11(16-9)8-7-10-5-3-2-4-6-10/h2-9,11-15H,1H3/b8-7+/t9-,11+,12-,13+/m0/s1. The molecule has 1 fully saturated rings. The van der Waals surface area contributed by atoms with Crippen molar-refractivity contribution in [3.05, 3.63) is 42.0 Å². The van der Waals surface area contributed by atoms with Crippen molar-refractivity contribution in [3.63, 3.8) is 0 Å². The van der Waals surface area contributed by atoms with Crippen molar-refractivity contribution in [2.45, 2.75) is 31.3 Å². The first-order valence-electron chi connectivity index (χ1n) is 5.43. The fourth-order valence-electron chi connectivity index (χ4n) is 1.81. The molecule has 0 aromatic heterocycles. The van der Waals surface area contributed by atoms with Gasteiger partial charge in [-0.25, -0.2) is 0 Å². The fourth-order valence-corrected chi connectivity index (χ4v) is 1.81. The minimum Gasteiger partial charge on any atom is -0.388 e. The second-order valence-corrected chi connectivity index (χ2v) is 4.06. The zero-order valence-electron chi connectivity index (χ0n) is 9.15. The van der Waals surface area contributed by atoms with E-state index in [9.17, 15) is 10.2 Å². The highest BCUT2D eigenvalue weighted by Crippen LogP contribution is 2.22. The summed E-state index contributed by atoms with van der Waals surface area (Å²) in [6.07, 6.45) is 1.29. The Morgan fingerprint density at radius 2 is 1.81 bits per heavy atom. The molecule has 2 N–H and O–H groups in total. The largest absolute Gasteiger partial charge is 0.388 e. The summed E-state index contributed by atoms with van der Waals surface area (Å²) in [5.41, 5.74) is 1.05. The highest BCUT2D eigenvalue weighted by molar-refractivity contribution is 5.49. The van der Waals surface area contributed by atoms with Gasteiger partial charge in [-0.3, -0.25) is 0 Å². The van der Waals surface area contributed by atoms with Gasteiger partial charge in [0, 0.05) is 0 Å². The minimum absolute atomic E-state index is 0.319. The van der Waals surface area contributed by atoms with E-state index in [-0.39, 0.29) is 6.10 Å². The van der Waals surface area contributed by atoms with Crippen LogP contribution in [-0.2, 0) is 4.74 Å². The van der Waals surface area contributed by atoms with Crippen LogP contribution in [0.25, 0.3) is 6.08 Å².